The summed E-state index contributed by atoms with van der Waals surface area (Å²) in [5.41, 5.74) is 2.48. The zero-order valence-electron chi connectivity index (χ0n) is 12.0. The molecule has 0 saturated carbocycles. The summed E-state index contributed by atoms with van der Waals surface area (Å²) in [6.07, 6.45) is 4.02. The van der Waals surface area contributed by atoms with E-state index in [1.807, 2.05) is 0 Å². The Balaban J connectivity index is 2.19. The smallest absolute Gasteiger partial charge is 0.126 e. The molecule has 0 saturated heterocycles. The Morgan fingerprint density at radius 2 is 2.32 bits per heavy atom. The van der Waals surface area contributed by atoms with Crippen molar-refractivity contribution in [1.82, 2.24) is 5.32 Å². The summed E-state index contributed by atoms with van der Waals surface area (Å²) in [5, 5.41) is 12.8. The second-order valence-electron chi connectivity index (χ2n) is 5.32. The molecule has 0 fully saturated rings. The number of hydrogen-bond donors (Lipinski definition) is 2. The number of rotatable bonds is 5. The minimum atomic E-state index is 0.245. The van der Waals surface area contributed by atoms with Crippen molar-refractivity contribution in [3.63, 3.8) is 0 Å². The Morgan fingerprint density at radius 1 is 1.47 bits per heavy atom. The van der Waals surface area contributed by atoms with Gasteiger partial charge in [0, 0.05) is 24.3 Å². The fourth-order valence-electron chi connectivity index (χ4n) is 2.78. The maximum atomic E-state index is 9.13. The number of aryl methyl sites for hydroxylation is 1. The van der Waals surface area contributed by atoms with Gasteiger partial charge in [-0.15, -0.1) is 0 Å². The number of benzene rings is 1. The third-order valence-corrected chi connectivity index (χ3v) is 3.91. The van der Waals surface area contributed by atoms with E-state index in [0.29, 0.717) is 12.1 Å². The van der Waals surface area contributed by atoms with E-state index in [0.717, 1.165) is 38.0 Å². The molecule has 0 aliphatic carbocycles. The molecule has 0 radical (unpaired) electrons. The number of fused-ring (bicyclic) bond motifs is 1. The summed E-state index contributed by atoms with van der Waals surface area (Å²) in [6.45, 7) is 5.31. The lowest BCUT2D eigenvalue weighted by atomic mass is 9.98. The normalized spacial score (nSPS) is 20.3. The van der Waals surface area contributed by atoms with E-state index in [-0.39, 0.29) is 6.61 Å². The van der Waals surface area contributed by atoms with Crippen molar-refractivity contribution in [1.29, 1.82) is 0 Å². The van der Waals surface area contributed by atoms with Crippen molar-refractivity contribution in [2.75, 3.05) is 13.2 Å². The number of para-hydroxylation sites is 1. The molecule has 0 aromatic heterocycles. The molecule has 1 aliphatic heterocycles. The molecule has 0 amide bonds. The molecule has 3 heteroatoms. The first-order valence-electron chi connectivity index (χ1n) is 7.35. The molecule has 1 aromatic carbocycles. The van der Waals surface area contributed by atoms with Crippen LogP contribution >= 0.6 is 0 Å². The molecule has 2 atom stereocenters. The summed E-state index contributed by atoms with van der Waals surface area (Å²) >= 11 is 0. The molecule has 2 unspecified atom stereocenters. The van der Waals surface area contributed by atoms with Crippen LogP contribution in [0, 0.1) is 6.92 Å². The van der Waals surface area contributed by atoms with Gasteiger partial charge in [-0.2, -0.15) is 0 Å². The molecule has 1 aliphatic rings. The highest BCUT2D eigenvalue weighted by Crippen LogP contribution is 2.34. The highest BCUT2D eigenvalue weighted by molar-refractivity contribution is 5.43. The van der Waals surface area contributed by atoms with E-state index < -0.39 is 0 Å². The van der Waals surface area contributed by atoms with E-state index in [9.17, 15) is 0 Å². The van der Waals surface area contributed by atoms with Gasteiger partial charge in [-0.05, 0) is 38.2 Å². The van der Waals surface area contributed by atoms with Crippen LogP contribution in [0.25, 0.3) is 0 Å². The number of hydrogen-bond acceptors (Lipinski definition) is 3. The second-order valence-corrected chi connectivity index (χ2v) is 5.32. The highest BCUT2D eigenvalue weighted by atomic mass is 16.5. The van der Waals surface area contributed by atoms with Crippen molar-refractivity contribution in [3.05, 3.63) is 29.3 Å². The number of ether oxygens (including phenoxy) is 1. The van der Waals surface area contributed by atoms with Crippen molar-refractivity contribution in [3.8, 4) is 5.75 Å². The fraction of sp³-hybridized carbons (Fsp3) is 0.625. The Bertz CT molecular complexity index is 406. The Morgan fingerprint density at radius 3 is 3.05 bits per heavy atom. The quantitative estimate of drug-likeness (QED) is 0.858. The highest BCUT2D eigenvalue weighted by Gasteiger charge is 2.22. The van der Waals surface area contributed by atoms with Gasteiger partial charge >= 0.3 is 0 Å². The molecule has 1 aromatic rings. The van der Waals surface area contributed by atoms with Crippen molar-refractivity contribution in [2.45, 2.75) is 51.6 Å². The minimum absolute atomic E-state index is 0.245. The minimum Gasteiger partial charge on any atom is -0.493 e. The fourth-order valence-corrected chi connectivity index (χ4v) is 2.78. The van der Waals surface area contributed by atoms with E-state index >= 15 is 0 Å². The topological polar surface area (TPSA) is 41.5 Å². The van der Waals surface area contributed by atoms with Crippen molar-refractivity contribution in [2.24, 2.45) is 0 Å². The van der Waals surface area contributed by atoms with Crippen LogP contribution in [-0.2, 0) is 0 Å². The number of aliphatic hydroxyl groups is 1. The zero-order valence-corrected chi connectivity index (χ0v) is 12.0. The van der Waals surface area contributed by atoms with E-state index in [1.165, 1.54) is 11.1 Å². The van der Waals surface area contributed by atoms with Crippen LogP contribution < -0.4 is 10.1 Å². The molecule has 2 rings (SSSR count). The number of nitrogens with one attached hydrogen (secondary N) is 1. The van der Waals surface area contributed by atoms with Gasteiger partial charge in [-0.1, -0.05) is 25.1 Å². The van der Waals surface area contributed by atoms with Gasteiger partial charge in [0.1, 0.15) is 5.75 Å². The standard InChI is InChI=1S/C16H25NO2/c1-3-13(9-10-18)17-15-8-5-11-19-16-12(2)6-4-7-14(15)16/h4,6-7,13,15,17-18H,3,5,8-11H2,1-2H3. The average molecular weight is 263 g/mol. The lowest BCUT2D eigenvalue weighted by molar-refractivity contribution is 0.253. The van der Waals surface area contributed by atoms with Crippen LogP contribution in [0.1, 0.15) is 49.8 Å². The van der Waals surface area contributed by atoms with E-state index in [1.54, 1.807) is 0 Å². The molecule has 0 spiro atoms. The Labute approximate surface area is 116 Å². The van der Waals surface area contributed by atoms with Crippen LogP contribution in [0.4, 0.5) is 0 Å². The first-order chi connectivity index (χ1) is 9.26. The van der Waals surface area contributed by atoms with Crippen molar-refractivity contribution < 1.29 is 9.84 Å². The summed E-state index contributed by atoms with van der Waals surface area (Å²) in [6, 6.07) is 7.09. The molecule has 0 bridgehead atoms. The van der Waals surface area contributed by atoms with Gasteiger partial charge in [-0.25, -0.2) is 0 Å². The van der Waals surface area contributed by atoms with Crippen LogP contribution in [0.3, 0.4) is 0 Å². The third kappa shape index (κ3) is 3.48. The maximum absolute atomic E-state index is 9.13. The Kier molecular flexibility index (Phi) is 5.23. The maximum Gasteiger partial charge on any atom is 0.126 e. The molecular formula is C16H25NO2. The first kappa shape index (κ1) is 14.4. The molecule has 106 valence electrons. The summed E-state index contributed by atoms with van der Waals surface area (Å²) < 4.78 is 5.90. The molecular weight excluding hydrogens is 238 g/mol. The summed E-state index contributed by atoms with van der Waals surface area (Å²) in [7, 11) is 0. The number of aliphatic hydroxyl groups excluding tert-OH is 1. The van der Waals surface area contributed by atoms with E-state index in [2.05, 4.69) is 37.4 Å². The monoisotopic (exact) mass is 263 g/mol. The third-order valence-electron chi connectivity index (χ3n) is 3.91. The largest absolute Gasteiger partial charge is 0.493 e. The van der Waals surface area contributed by atoms with Gasteiger partial charge in [0.05, 0.1) is 6.61 Å². The van der Waals surface area contributed by atoms with Crippen LogP contribution in [0.15, 0.2) is 18.2 Å². The average Bonchev–Trinajstić information content (AvgIpc) is 2.62. The van der Waals surface area contributed by atoms with E-state index in [4.69, 9.17) is 9.84 Å². The predicted octanol–water partition coefficient (Wildman–Crippen LogP) is 2.96. The van der Waals surface area contributed by atoms with Crippen molar-refractivity contribution >= 4 is 0 Å². The van der Waals surface area contributed by atoms with Gasteiger partial charge in [0.2, 0.25) is 0 Å². The zero-order chi connectivity index (χ0) is 13.7. The first-order valence-corrected chi connectivity index (χ1v) is 7.35. The van der Waals surface area contributed by atoms with Gasteiger partial charge < -0.3 is 15.2 Å². The lowest BCUT2D eigenvalue weighted by Gasteiger charge is -2.25. The molecule has 1 heterocycles. The Hall–Kier alpha value is -1.06. The predicted molar refractivity (Wildman–Crippen MR) is 77.6 cm³/mol. The SMILES string of the molecule is CCC(CCO)NC1CCCOc2c(C)cccc21. The van der Waals surface area contributed by atoms with Crippen LogP contribution in [0.2, 0.25) is 0 Å². The molecule has 3 nitrogen and oxygen atoms in total. The molecule has 19 heavy (non-hydrogen) atoms. The molecule has 2 N–H and O–H groups in total. The van der Waals surface area contributed by atoms with Crippen LogP contribution in [-0.4, -0.2) is 24.4 Å². The van der Waals surface area contributed by atoms with Gasteiger partial charge in [0.15, 0.2) is 0 Å². The summed E-state index contributed by atoms with van der Waals surface area (Å²) in [5.74, 6) is 1.05. The van der Waals surface area contributed by atoms with Crippen LogP contribution in [0.5, 0.6) is 5.75 Å². The lowest BCUT2D eigenvalue weighted by Crippen LogP contribution is -2.33. The summed E-state index contributed by atoms with van der Waals surface area (Å²) in [4.78, 5) is 0. The van der Waals surface area contributed by atoms with Gasteiger partial charge in [0.25, 0.3) is 0 Å². The van der Waals surface area contributed by atoms with Gasteiger partial charge in [-0.3, -0.25) is 0 Å². The second kappa shape index (κ2) is 6.92.